The van der Waals surface area contributed by atoms with Crippen LogP contribution in [-0.4, -0.2) is 18.8 Å². The van der Waals surface area contributed by atoms with Crippen molar-refractivity contribution >= 4 is 11.7 Å². The molecule has 0 saturated heterocycles. The van der Waals surface area contributed by atoms with Crippen molar-refractivity contribution < 1.29 is 32.3 Å². The summed E-state index contributed by atoms with van der Waals surface area (Å²) in [4.78, 5) is 17.1. The number of benzene rings is 2. The molecule has 29 heavy (non-hydrogen) atoms. The minimum Gasteiger partial charge on any atom is -0.489 e. The van der Waals surface area contributed by atoms with E-state index in [0.717, 1.165) is 25.0 Å². The monoisotopic (exact) mass is 409 g/mol. The van der Waals surface area contributed by atoms with Crippen LogP contribution in [0, 0.1) is 0 Å². The van der Waals surface area contributed by atoms with E-state index in [1.807, 2.05) is 6.92 Å². The number of halogens is 3. The quantitative estimate of drug-likeness (QED) is 0.241. The lowest BCUT2D eigenvalue weighted by molar-refractivity contribution is -0.137. The normalized spacial score (nSPS) is 11.8. The van der Waals surface area contributed by atoms with Crippen molar-refractivity contribution in [3.8, 4) is 11.5 Å². The minimum atomic E-state index is -4.46. The molecule has 0 saturated carbocycles. The molecule has 2 aromatic rings. The molecule has 2 aromatic carbocycles. The second-order valence-electron chi connectivity index (χ2n) is 6.14. The van der Waals surface area contributed by atoms with Crippen molar-refractivity contribution in [2.24, 2.45) is 5.16 Å². The Labute approximate surface area is 167 Å². The van der Waals surface area contributed by atoms with Gasteiger partial charge in [0, 0.05) is 12.0 Å². The van der Waals surface area contributed by atoms with Gasteiger partial charge in [-0.1, -0.05) is 42.8 Å². The topological polar surface area (TPSA) is 57.1 Å². The molecule has 0 bridgehead atoms. The van der Waals surface area contributed by atoms with E-state index in [1.54, 1.807) is 24.3 Å². The lowest BCUT2D eigenvalue weighted by Crippen LogP contribution is -2.21. The Morgan fingerprint density at radius 1 is 1.10 bits per heavy atom. The third kappa shape index (κ3) is 6.81. The minimum absolute atomic E-state index is 0.0607. The zero-order valence-electron chi connectivity index (χ0n) is 16.2. The van der Waals surface area contributed by atoms with Crippen molar-refractivity contribution in [1.82, 2.24) is 0 Å². The molecular weight excluding hydrogens is 387 g/mol. The van der Waals surface area contributed by atoms with Gasteiger partial charge in [-0.3, -0.25) is 0 Å². The molecular formula is C21H22F3NO4. The zero-order chi connectivity index (χ0) is 21.3. The zero-order valence-corrected chi connectivity index (χ0v) is 16.2. The molecule has 0 aliphatic heterocycles. The summed E-state index contributed by atoms with van der Waals surface area (Å²) in [5.74, 6) is -0.345. The van der Waals surface area contributed by atoms with Crippen LogP contribution in [0.2, 0.25) is 0 Å². The largest absolute Gasteiger partial charge is 0.489 e. The number of oxime groups is 1. The van der Waals surface area contributed by atoms with E-state index in [9.17, 15) is 18.0 Å². The lowest BCUT2D eigenvalue weighted by Gasteiger charge is -2.13. The van der Waals surface area contributed by atoms with Crippen LogP contribution in [-0.2, 0) is 22.4 Å². The Bertz CT molecular complexity index is 850. The predicted octanol–water partition coefficient (Wildman–Crippen LogP) is 5.38. The molecule has 0 unspecified atom stereocenters. The van der Waals surface area contributed by atoms with Gasteiger partial charge in [0.2, 0.25) is 0 Å². The molecule has 0 N–H and O–H groups in total. The highest BCUT2D eigenvalue weighted by molar-refractivity contribution is 6.36. The van der Waals surface area contributed by atoms with Crippen molar-refractivity contribution in [2.45, 2.75) is 39.0 Å². The van der Waals surface area contributed by atoms with Gasteiger partial charge in [0.05, 0.1) is 5.56 Å². The average Bonchev–Trinajstić information content (AvgIpc) is 2.70. The molecule has 0 aromatic heterocycles. The first-order valence-electron chi connectivity index (χ1n) is 9.05. The van der Waals surface area contributed by atoms with Crippen LogP contribution >= 0.6 is 0 Å². The fourth-order valence-electron chi connectivity index (χ4n) is 2.44. The first kappa shape index (κ1) is 22.3. The maximum atomic E-state index is 12.8. The molecule has 0 heterocycles. The van der Waals surface area contributed by atoms with Gasteiger partial charge in [0.1, 0.15) is 25.2 Å². The molecule has 0 radical (unpaired) electrons. The SMILES string of the molecule is CCCCC(=NOC)C(=O)Oc1ccccc1COc1cccc(C(F)(F)F)c1. The van der Waals surface area contributed by atoms with Gasteiger partial charge in [0.25, 0.3) is 0 Å². The average molecular weight is 409 g/mol. The number of carbonyl (C=O) groups excluding carboxylic acids is 1. The van der Waals surface area contributed by atoms with Crippen LogP contribution in [0.15, 0.2) is 53.7 Å². The van der Waals surface area contributed by atoms with E-state index in [-0.39, 0.29) is 23.8 Å². The second kappa shape index (κ2) is 10.5. The van der Waals surface area contributed by atoms with E-state index in [0.29, 0.717) is 12.0 Å². The first-order chi connectivity index (χ1) is 13.8. The Balaban J connectivity index is 2.11. The molecule has 0 amide bonds. The molecule has 0 aliphatic rings. The highest BCUT2D eigenvalue weighted by Crippen LogP contribution is 2.31. The maximum Gasteiger partial charge on any atom is 0.416 e. The van der Waals surface area contributed by atoms with Crippen LogP contribution in [0.5, 0.6) is 11.5 Å². The Hall–Kier alpha value is -3.03. The molecule has 156 valence electrons. The van der Waals surface area contributed by atoms with Crippen LogP contribution in [0.3, 0.4) is 0 Å². The van der Waals surface area contributed by atoms with Crippen molar-refractivity contribution in [3.63, 3.8) is 0 Å². The highest BCUT2D eigenvalue weighted by Gasteiger charge is 2.30. The van der Waals surface area contributed by atoms with E-state index >= 15 is 0 Å². The fourth-order valence-corrected chi connectivity index (χ4v) is 2.44. The van der Waals surface area contributed by atoms with Crippen LogP contribution in [0.4, 0.5) is 13.2 Å². The highest BCUT2D eigenvalue weighted by atomic mass is 19.4. The van der Waals surface area contributed by atoms with Gasteiger partial charge in [-0.05, 0) is 30.7 Å². The van der Waals surface area contributed by atoms with Crippen molar-refractivity contribution in [2.75, 3.05) is 7.11 Å². The summed E-state index contributed by atoms with van der Waals surface area (Å²) in [6.07, 6.45) is -2.43. The molecule has 0 aliphatic carbocycles. The van der Waals surface area contributed by atoms with Gasteiger partial charge in [-0.15, -0.1) is 0 Å². The van der Waals surface area contributed by atoms with Crippen molar-refractivity contribution in [3.05, 3.63) is 59.7 Å². The smallest absolute Gasteiger partial charge is 0.416 e. The number of nitrogens with zero attached hydrogens (tertiary/aromatic N) is 1. The summed E-state index contributed by atoms with van der Waals surface area (Å²) in [5, 5.41) is 3.72. The number of hydrogen-bond acceptors (Lipinski definition) is 5. The van der Waals surface area contributed by atoms with Gasteiger partial charge in [-0.25, -0.2) is 4.79 Å². The summed E-state index contributed by atoms with van der Waals surface area (Å²) in [7, 11) is 1.34. The Morgan fingerprint density at radius 2 is 1.86 bits per heavy atom. The van der Waals surface area contributed by atoms with Gasteiger partial charge >= 0.3 is 12.1 Å². The summed E-state index contributed by atoms with van der Waals surface area (Å²) in [6.45, 7) is 1.91. The van der Waals surface area contributed by atoms with Gasteiger partial charge in [-0.2, -0.15) is 13.2 Å². The summed E-state index contributed by atoms with van der Waals surface area (Å²) < 4.78 is 49.4. The molecule has 0 spiro atoms. The van der Waals surface area contributed by atoms with Gasteiger partial charge < -0.3 is 14.3 Å². The number of unbranched alkanes of at least 4 members (excludes halogenated alkanes) is 1. The van der Waals surface area contributed by atoms with E-state index in [2.05, 4.69) is 5.16 Å². The number of esters is 1. The third-order valence-corrected chi connectivity index (χ3v) is 3.94. The number of alkyl halides is 3. The van der Waals surface area contributed by atoms with Crippen LogP contribution < -0.4 is 9.47 Å². The Morgan fingerprint density at radius 3 is 2.55 bits per heavy atom. The van der Waals surface area contributed by atoms with E-state index in [1.165, 1.54) is 19.2 Å². The number of hydrogen-bond donors (Lipinski definition) is 0. The number of ether oxygens (including phenoxy) is 2. The number of rotatable bonds is 9. The summed E-state index contributed by atoms with van der Waals surface area (Å²) >= 11 is 0. The van der Waals surface area contributed by atoms with Crippen LogP contribution in [0.1, 0.15) is 37.3 Å². The third-order valence-electron chi connectivity index (χ3n) is 3.94. The fraction of sp³-hybridized carbons (Fsp3) is 0.333. The number of para-hydroxylation sites is 1. The van der Waals surface area contributed by atoms with E-state index in [4.69, 9.17) is 14.3 Å². The Kier molecular flexibility index (Phi) is 8.06. The molecule has 5 nitrogen and oxygen atoms in total. The summed E-state index contributed by atoms with van der Waals surface area (Å²) in [6, 6.07) is 11.2. The molecule has 0 atom stereocenters. The maximum absolute atomic E-state index is 12.8. The lowest BCUT2D eigenvalue weighted by atomic mass is 10.1. The molecule has 0 fully saturated rings. The van der Waals surface area contributed by atoms with Crippen LogP contribution in [0.25, 0.3) is 0 Å². The molecule has 8 heteroatoms. The number of carbonyl (C=O) groups is 1. The second-order valence-corrected chi connectivity index (χ2v) is 6.14. The standard InChI is InChI=1S/C21H22F3NO4/c1-3-4-11-18(25-27-2)20(26)29-19-12-6-5-8-15(19)14-28-17-10-7-9-16(13-17)21(22,23)24/h5-10,12-13H,3-4,11,14H2,1-2H3. The molecule has 2 rings (SSSR count). The summed E-state index contributed by atoms with van der Waals surface area (Å²) in [5.41, 5.74) is -0.139. The first-order valence-corrected chi connectivity index (χ1v) is 9.05. The predicted molar refractivity (Wildman–Crippen MR) is 102 cm³/mol. The van der Waals surface area contributed by atoms with Gasteiger partial charge in [0.15, 0.2) is 5.71 Å². The van der Waals surface area contributed by atoms with E-state index < -0.39 is 17.7 Å². The van der Waals surface area contributed by atoms with Crippen molar-refractivity contribution in [1.29, 1.82) is 0 Å².